The molecule has 0 spiro atoms. The molecule has 0 unspecified atom stereocenters. The molecule has 9 heavy (non-hydrogen) atoms. The molecule has 0 rings (SSSR count). The predicted octanol–water partition coefficient (Wildman–Crippen LogP) is 2.17. The van der Waals surface area contributed by atoms with Gasteiger partial charge in [-0.25, -0.2) is 0 Å². The molecular formula is C7H12OS. The van der Waals surface area contributed by atoms with Crippen LogP contribution in [0.5, 0.6) is 0 Å². The lowest BCUT2D eigenvalue weighted by atomic mass is 10.2. The number of hydrogen-bond acceptors (Lipinski definition) is 2. The smallest absolute Gasteiger partial charge is 0.162 e. The second-order valence-corrected chi connectivity index (χ2v) is 2.48. The first-order chi connectivity index (χ1) is 4.18. The maximum absolute atomic E-state index is 5.07. The SMILES string of the molecule is C=CCOC(=S)C(C)C. The van der Waals surface area contributed by atoms with Crippen LogP contribution in [0, 0.1) is 5.92 Å². The van der Waals surface area contributed by atoms with E-state index in [2.05, 4.69) is 6.58 Å². The van der Waals surface area contributed by atoms with Crippen LogP contribution in [0.3, 0.4) is 0 Å². The average molecular weight is 144 g/mol. The normalized spacial score (nSPS) is 9.22. The second kappa shape index (κ2) is 4.50. The van der Waals surface area contributed by atoms with Crippen molar-refractivity contribution in [3.8, 4) is 0 Å². The van der Waals surface area contributed by atoms with Crippen molar-refractivity contribution in [1.82, 2.24) is 0 Å². The summed E-state index contributed by atoms with van der Waals surface area (Å²) in [4.78, 5) is 0. The van der Waals surface area contributed by atoms with E-state index >= 15 is 0 Å². The molecule has 0 amide bonds. The Labute approximate surface area is 61.7 Å². The van der Waals surface area contributed by atoms with Gasteiger partial charge in [-0.15, -0.1) is 0 Å². The summed E-state index contributed by atoms with van der Waals surface area (Å²) < 4.78 is 5.07. The molecule has 0 bridgehead atoms. The van der Waals surface area contributed by atoms with E-state index in [0.717, 1.165) is 0 Å². The third kappa shape index (κ3) is 4.15. The van der Waals surface area contributed by atoms with E-state index in [-0.39, 0.29) is 0 Å². The summed E-state index contributed by atoms with van der Waals surface area (Å²) in [7, 11) is 0. The summed E-state index contributed by atoms with van der Waals surface area (Å²) >= 11 is 4.87. The summed E-state index contributed by atoms with van der Waals surface area (Å²) in [5.74, 6) is 0.333. The Bertz CT molecular complexity index is 107. The Hall–Kier alpha value is -0.370. The van der Waals surface area contributed by atoms with Crippen molar-refractivity contribution in [2.75, 3.05) is 6.61 Å². The molecule has 0 saturated carbocycles. The van der Waals surface area contributed by atoms with Crippen LogP contribution in [0.15, 0.2) is 12.7 Å². The standard InChI is InChI=1S/C7H12OS/c1-4-5-8-7(9)6(2)3/h4,6H,1,5H2,2-3H3. The van der Waals surface area contributed by atoms with Gasteiger partial charge in [0.15, 0.2) is 5.05 Å². The lowest BCUT2D eigenvalue weighted by molar-refractivity contribution is 0.339. The van der Waals surface area contributed by atoms with Crippen molar-refractivity contribution in [2.45, 2.75) is 13.8 Å². The van der Waals surface area contributed by atoms with Crippen LogP contribution in [0.25, 0.3) is 0 Å². The first-order valence-corrected chi connectivity index (χ1v) is 3.37. The summed E-state index contributed by atoms with van der Waals surface area (Å²) in [6.07, 6.45) is 1.69. The maximum Gasteiger partial charge on any atom is 0.162 e. The maximum atomic E-state index is 5.07. The monoisotopic (exact) mass is 144 g/mol. The molecule has 2 heteroatoms. The predicted molar refractivity (Wildman–Crippen MR) is 43.6 cm³/mol. The highest BCUT2D eigenvalue weighted by Gasteiger charge is 2.00. The van der Waals surface area contributed by atoms with E-state index in [1.165, 1.54) is 0 Å². The van der Waals surface area contributed by atoms with Gasteiger partial charge < -0.3 is 4.74 Å². The largest absolute Gasteiger partial charge is 0.483 e. The van der Waals surface area contributed by atoms with Crippen molar-refractivity contribution in [3.05, 3.63) is 12.7 Å². The topological polar surface area (TPSA) is 9.23 Å². The molecule has 0 aromatic carbocycles. The molecule has 0 aliphatic carbocycles. The molecule has 0 radical (unpaired) electrons. The molecule has 0 saturated heterocycles. The third-order valence-corrected chi connectivity index (χ3v) is 1.40. The number of rotatable bonds is 3. The van der Waals surface area contributed by atoms with Gasteiger partial charge in [0, 0.05) is 5.92 Å². The first-order valence-electron chi connectivity index (χ1n) is 2.96. The Balaban J connectivity index is 3.38. The van der Waals surface area contributed by atoms with Gasteiger partial charge in [0.25, 0.3) is 0 Å². The quantitative estimate of drug-likeness (QED) is 0.443. The van der Waals surface area contributed by atoms with Gasteiger partial charge in [0.1, 0.15) is 6.61 Å². The van der Waals surface area contributed by atoms with E-state index in [4.69, 9.17) is 17.0 Å². The van der Waals surface area contributed by atoms with Gasteiger partial charge >= 0.3 is 0 Å². The molecule has 0 atom stereocenters. The fraction of sp³-hybridized carbons (Fsp3) is 0.571. The zero-order valence-corrected chi connectivity index (χ0v) is 6.70. The van der Waals surface area contributed by atoms with Crippen LogP contribution >= 0.6 is 12.2 Å². The van der Waals surface area contributed by atoms with Gasteiger partial charge in [-0.1, -0.05) is 26.5 Å². The number of hydrogen-bond donors (Lipinski definition) is 0. The van der Waals surface area contributed by atoms with E-state index in [9.17, 15) is 0 Å². The molecule has 0 N–H and O–H groups in total. The summed E-state index contributed by atoms with van der Waals surface area (Å²) in [5.41, 5.74) is 0. The molecule has 0 aromatic rings. The van der Waals surface area contributed by atoms with Gasteiger partial charge in [-0.3, -0.25) is 0 Å². The summed E-state index contributed by atoms with van der Waals surface area (Å²) in [6.45, 7) is 8.04. The minimum absolute atomic E-state index is 0.333. The molecule has 1 nitrogen and oxygen atoms in total. The van der Waals surface area contributed by atoms with Gasteiger partial charge in [0.2, 0.25) is 0 Å². The minimum Gasteiger partial charge on any atom is -0.483 e. The number of ether oxygens (including phenoxy) is 1. The Morgan fingerprint density at radius 2 is 2.33 bits per heavy atom. The molecule has 0 aliphatic rings. The van der Waals surface area contributed by atoms with Gasteiger partial charge in [-0.05, 0) is 12.2 Å². The number of thiocarbonyl (C=S) groups is 1. The Morgan fingerprint density at radius 1 is 1.78 bits per heavy atom. The Morgan fingerprint density at radius 3 is 2.67 bits per heavy atom. The van der Waals surface area contributed by atoms with Crippen molar-refractivity contribution < 1.29 is 4.74 Å². The van der Waals surface area contributed by atoms with Crippen molar-refractivity contribution >= 4 is 17.3 Å². The lowest BCUT2D eigenvalue weighted by Gasteiger charge is -2.06. The highest BCUT2D eigenvalue weighted by molar-refractivity contribution is 7.80. The van der Waals surface area contributed by atoms with Crippen LogP contribution in [0.4, 0.5) is 0 Å². The lowest BCUT2D eigenvalue weighted by Crippen LogP contribution is -2.08. The van der Waals surface area contributed by atoms with Crippen molar-refractivity contribution in [2.24, 2.45) is 5.92 Å². The molecule has 0 heterocycles. The summed E-state index contributed by atoms with van der Waals surface area (Å²) in [5, 5.41) is 0.662. The fourth-order valence-corrected chi connectivity index (χ4v) is 0.376. The van der Waals surface area contributed by atoms with E-state index in [1.807, 2.05) is 13.8 Å². The highest BCUT2D eigenvalue weighted by Crippen LogP contribution is 1.97. The molecule has 0 fully saturated rings. The molecule has 52 valence electrons. The van der Waals surface area contributed by atoms with Crippen LogP contribution in [-0.2, 0) is 4.74 Å². The molecule has 0 aliphatic heterocycles. The van der Waals surface area contributed by atoms with Crippen LogP contribution in [0.2, 0.25) is 0 Å². The van der Waals surface area contributed by atoms with E-state index in [0.29, 0.717) is 17.6 Å². The fourth-order valence-electron chi connectivity index (χ4n) is 0.308. The van der Waals surface area contributed by atoms with Crippen molar-refractivity contribution in [3.63, 3.8) is 0 Å². The van der Waals surface area contributed by atoms with Crippen LogP contribution in [0.1, 0.15) is 13.8 Å². The Kier molecular flexibility index (Phi) is 4.32. The first kappa shape index (κ1) is 8.63. The van der Waals surface area contributed by atoms with Gasteiger partial charge in [0.05, 0.1) is 0 Å². The highest BCUT2D eigenvalue weighted by atomic mass is 32.1. The second-order valence-electron chi connectivity index (χ2n) is 2.07. The average Bonchev–Trinajstić information content (AvgIpc) is 1.82. The zero-order chi connectivity index (χ0) is 7.28. The van der Waals surface area contributed by atoms with Crippen molar-refractivity contribution in [1.29, 1.82) is 0 Å². The van der Waals surface area contributed by atoms with Gasteiger partial charge in [-0.2, -0.15) is 0 Å². The van der Waals surface area contributed by atoms with Crippen LogP contribution < -0.4 is 0 Å². The van der Waals surface area contributed by atoms with E-state index in [1.54, 1.807) is 6.08 Å². The summed E-state index contributed by atoms with van der Waals surface area (Å²) in [6, 6.07) is 0. The van der Waals surface area contributed by atoms with E-state index < -0.39 is 0 Å². The third-order valence-electron chi connectivity index (χ3n) is 0.815. The molecule has 0 aromatic heterocycles. The zero-order valence-electron chi connectivity index (χ0n) is 5.89. The minimum atomic E-state index is 0.333. The van der Waals surface area contributed by atoms with Crippen LogP contribution in [-0.4, -0.2) is 11.7 Å². The molecular weight excluding hydrogens is 132 g/mol.